The Morgan fingerprint density at radius 3 is 2.56 bits per heavy atom. The van der Waals surface area contributed by atoms with Crippen LogP contribution >= 0.6 is 0 Å². The zero-order chi connectivity index (χ0) is 13.9. The van der Waals surface area contributed by atoms with Gasteiger partial charge in [-0.15, -0.1) is 0 Å². The molecule has 0 aromatic heterocycles. The number of nitrogens with zero attached hydrogens (tertiary/aromatic N) is 2. The Morgan fingerprint density at radius 1 is 1.50 bits per heavy atom. The van der Waals surface area contributed by atoms with Gasteiger partial charge < -0.3 is 15.8 Å². The molecule has 1 rings (SSSR count). The standard InChI is InChI=1S/C13H25N3O2/c1-5-10-7-6-9(4)16(10)13(17)11(8(2)3)12(14)15-18/h8-11,18H,5-7H2,1-4H3,(H2,14,15). The number of nitrogens with two attached hydrogens (primary N) is 1. The number of amidine groups is 1. The average molecular weight is 255 g/mol. The first-order chi connectivity index (χ1) is 8.43. The van der Waals surface area contributed by atoms with Crippen molar-refractivity contribution in [2.24, 2.45) is 22.7 Å². The van der Waals surface area contributed by atoms with Crippen molar-refractivity contribution in [3.63, 3.8) is 0 Å². The number of rotatable bonds is 4. The molecule has 1 heterocycles. The van der Waals surface area contributed by atoms with Crippen LogP contribution in [0.5, 0.6) is 0 Å². The van der Waals surface area contributed by atoms with Gasteiger partial charge in [-0.25, -0.2) is 0 Å². The number of carbonyl (C=O) groups excluding carboxylic acids is 1. The van der Waals surface area contributed by atoms with E-state index in [1.807, 2.05) is 18.7 Å². The van der Waals surface area contributed by atoms with E-state index in [-0.39, 0.29) is 23.7 Å². The summed E-state index contributed by atoms with van der Waals surface area (Å²) < 4.78 is 0. The highest BCUT2D eigenvalue weighted by Gasteiger charge is 2.39. The normalized spacial score (nSPS) is 26.7. The average Bonchev–Trinajstić information content (AvgIpc) is 2.69. The molecule has 1 saturated heterocycles. The Balaban J connectivity index is 2.95. The molecule has 5 nitrogen and oxygen atoms in total. The van der Waals surface area contributed by atoms with Crippen LogP contribution in [-0.4, -0.2) is 33.9 Å². The summed E-state index contributed by atoms with van der Waals surface area (Å²) >= 11 is 0. The second-order valence-corrected chi connectivity index (χ2v) is 5.48. The van der Waals surface area contributed by atoms with Crippen molar-refractivity contribution in [2.75, 3.05) is 0 Å². The third-order valence-corrected chi connectivity index (χ3v) is 3.88. The van der Waals surface area contributed by atoms with Gasteiger partial charge in [0.1, 0.15) is 5.92 Å². The fourth-order valence-electron chi connectivity index (χ4n) is 2.85. The number of hydrogen-bond acceptors (Lipinski definition) is 3. The van der Waals surface area contributed by atoms with Crippen molar-refractivity contribution in [2.45, 2.75) is 59.0 Å². The summed E-state index contributed by atoms with van der Waals surface area (Å²) in [5.74, 6) is -0.482. The van der Waals surface area contributed by atoms with Crippen LogP contribution in [0, 0.1) is 11.8 Å². The Hall–Kier alpha value is -1.26. The lowest BCUT2D eigenvalue weighted by molar-refractivity contribution is -0.137. The molecule has 3 unspecified atom stereocenters. The van der Waals surface area contributed by atoms with E-state index in [4.69, 9.17) is 10.9 Å². The Labute approximate surface area is 109 Å². The zero-order valence-corrected chi connectivity index (χ0v) is 11.8. The molecule has 3 N–H and O–H groups in total. The molecule has 0 saturated carbocycles. The van der Waals surface area contributed by atoms with Gasteiger partial charge in [0.15, 0.2) is 5.84 Å². The third-order valence-electron chi connectivity index (χ3n) is 3.88. The van der Waals surface area contributed by atoms with E-state index in [9.17, 15) is 4.79 Å². The van der Waals surface area contributed by atoms with Gasteiger partial charge in [-0.05, 0) is 32.1 Å². The van der Waals surface area contributed by atoms with Gasteiger partial charge in [0.2, 0.25) is 5.91 Å². The van der Waals surface area contributed by atoms with Crippen LogP contribution in [0.25, 0.3) is 0 Å². The first kappa shape index (κ1) is 14.8. The number of carbonyl (C=O) groups is 1. The lowest BCUT2D eigenvalue weighted by Gasteiger charge is -2.32. The predicted molar refractivity (Wildman–Crippen MR) is 71.4 cm³/mol. The summed E-state index contributed by atoms with van der Waals surface area (Å²) in [6.45, 7) is 8.00. The van der Waals surface area contributed by atoms with Gasteiger partial charge in [-0.3, -0.25) is 4.79 Å². The first-order valence-electron chi connectivity index (χ1n) is 6.73. The molecule has 0 spiro atoms. The maximum absolute atomic E-state index is 12.6. The molecule has 1 fully saturated rings. The summed E-state index contributed by atoms with van der Waals surface area (Å²) in [6, 6.07) is 0.537. The molecule has 3 atom stereocenters. The molecule has 1 amide bonds. The van der Waals surface area contributed by atoms with Gasteiger partial charge in [0, 0.05) is 12.1 Å². The molecule has 0 aromatic rings. The molecular formula is C13H25N3O2. The number of likely N-dealkylation sites (tertiary alicyclic amines) is 1. The number of amides is 1. The van der Waals surface area contributed by atoms with Crippen molar-refractivity contribution in [3.8, 4) is 0 Å². The Kier molecular flexibility index (Phi) is 4.99. The Bertz CT molecular complexity index is 328. The largest absolute Gasteiger partial charge is 0.409 e. The molecule has 18 heavy (non-hydrogen) atoms. The summed E-state index contributed by atoms with van der Waals surface area (Å²) in [6.07, 6.45) is 3.03. The van der Waals surface area contributed by atoms with E-state index in [1.54, 1.807) is 0 Å². The fourth-order valence-corrected chi connectivity index (χ4v) is 2.85. The molecule has 0 radical (unpaired) electrons. The molecule has 1 aliphatic heterocycles. The maximum Gasteiger partial charge on any atom is 0.234 e. The van der Waals surface area contributed by atoms with E-state index in [2.05, 4.69) is 19.0 Å². The number of hydrogen-bond donors (Lipinski definition) is 2. The first-order valence-corrected chi connectivity index (χ1v) is 6.73. The highest BCUT2D eigenvalue weighted by molar-refractivity contribution is 6.02. The van der Waals surface area contributed by atoms with Gasteiger partial charge in [0.25, 0.3) is 0 Å². The summed E-state index contributed by atoms with van der Waals surface area (Å²) in [5, 5.41) is 11.9. The van der Waals surface area contributed by atoms with E-state index in [0.29, 0.717) is 6.04 Å². The van der Waals surface area contributed by atoms with Gasteiger partial charge in [-0.1, -0.05) is 25.9 Å². The van der Waals surface area contributed by atoms with Crippen molar-refractivity contribution in [3.05, 3.63) is 0 Å². The van der Waals surface area contributed by atoms with E-state index >= 15 is 0 Å². The topological polar surface area (TPSA) is 78.9 Å². The molecule has 1 aliphatic rings. The van der Waals surface area contributed by atoms with Crippen molar-refractivity contribution < 1.29 is 10.0 Å². The van der Waals surface area contributed by atoms with Crippen LogP contribution in [0.3, 0.4) is 0 Å². The highest BCUT2D eigenvalue weighted by atomic mass is 16.4. The van der Waals surface area contributed by atoms with Gasteiger partial charge in [-0.2, -0.15) is 0 Å². The highest BCUT2D eigenvalue weighted by Crippen LogP contribution is 2.29. The summed E-state index contributed by atoms with van der Waals surface area (Å²) in [5.41, 5.74) is 5.67. The molecular weight excluding hydrogens is 230 g/mol. The smallest absolute Gasteiger partial charge is 0.234 e. The van der Waals surface area contributed by atoms with Crippen LogP contribution in [-0.2, 0) is 4.79 Å². The Morgan fingerprint density at radius 2 is 2.11 bits per heavy atom. The van der Waals surface area contributed by atoms with Crippen LogP contribution in [0.15, 0.2) is 5.16 Å². The third kappa shape index (κ3) is 2.76. The summed E-state index contributed by atoms with van der Waals surface area (Å²) in [7, 11) is 0. The molecule has 0 aromatic carbocycles. The van der Waals surface area contributed by atoms with Crippen LogP contribution in [0.2, 0.25) is 0 Å². The SMILES string of the molecule is CCC1CCC(C)N1C(=O)C(C(N)=NO)C(C)C. The minimum absolute atomic E-state index is 0.00264. The van der Waals surface area contributed by atoms with Crippen LogP contribution < -0.4 is 5.73 Å². The van der Waals surface area contributed by atoms with Crippen molar-refractivity contribution in [1.82, 2.24) is 4.90 Å². The zero-order valence-electron chi connectivity index (χ0n) is 11.8. The van der Waals surface area contributed by atoms with E-state index in [0.717, 1.165) is 19.3 Å². The molecule has 104 valence electrons. The van der Waals surface area contributed by atoms with Gasteiger partial charge in [0.05, 0.1) is 0 Å². The van der Waals surface area contributed by atoms with Crippen LogP contribution in [0.1, 0.15) is 47.0 Å². The molecule has 5 heteroatoms. The minimum atomic E-state index is -0.524. The predicted octanol–water partition coefficient (Wildman–Crippen LogP) is 1.79. The fraction of sp³-hybridized carbons (Fsp3) is 0.846. The minimum Gasteiger partial charge on any atom is -0.409 e. The van der Waals surface area contributed by atoms with Crippen LogP contribution in [0.4, 0.5) is 0 Å². The second kappa shape index (κ2) is 6.07. The monoisotopic (exact) mass is 255 g/mol. The lowest BCUT2D eigenvalue weighted by Crippen LogP contribution is -2.48. The second-order valence-electron chi connectivity index (χ2n) is 5.48. The molecule has 0 bridgehead atoms. The van der Waals surface area contributed by atoms with Crippen molar-refractivity contribution >= 4 is 11.7 Å². The lowest BCUT2D eigenvalue weighted by atomic mass is 9.92. The van der Waals surface area contributed by atoms with Crippen molar-refractivity contribution in [1.29, 1.82) is 0 Å². The molecule has 0 aliphatic carbocycles. The quantitative estimate of drug-likeness (QED) is 0.348. The van der Waals surface area contributed by atoms with Gasteiger partial charge >= 0.3 is 0 Å². The number of oxime groups is 1. The maximum atomic E-state index is 12.6. The summed E-state index contributed by atoms with van der Waals surface area (Å²) in [4.78, 5) is 14.6. The van der Waals surface area contributed by atoms with E-state index < -0.39 is 5.92 Å². The van der Waals surface area contributed by atoms with E-state index in [1.165, 1.54) is 0 Å².